The van der Waals surface area contributed by atoms with E-state index in [9.17, 15) is 9.90 Å². The Morgan fingerprint density at radius 1 is 1.39 bits per heavy atom. The third kappa shape index (κ3) is 3.05. The highest BCUT2D eigenvalue weighted by atomic mass is 16.3. The van der Waals surface area contributed by atoms with Gasteiger partial charge in [-0.25, -0.2) is 0 Å². The van der Waals surface area contributed by atoms with Gasteiger partial charge in [-0.15, -0.1) is 0 Å². The number of carbonyl (C=O) groups excluding carboxylic acids is 1. The minimum Gasteiger partial charge on any atom is -0.393 e. The van der Waals surface area contributed by atoms with Crippen molar-refractivity contribution in [3.8, 4) is 0 Å². The van der Waals surface area contributed by atoms with E-state index >= 15 is 0 Å². The molecule has 1 saturated carbocycles. The standard InChI is InChI=1S/C15H27NO2/c1-11(17)9-12-7-5-4-6-8-16(12)14(18)13-10-15(13,2)3/h11-13,17H,4-10H2,1-3H3. The summed E-state index contributed by atoms with van der Waals surface area (Å²) in [5.74, 6) is 0.569. The van der Waals surface area contributed by atoms with Gasteiger partial charge in [-0.2, -0.15) is 0 Å². The molecule has 3 unspecified atom stereocenters. The monoisotopic (exact) mass is 253 g/mol. The summed E-state index contributed by atoms with van der Waals surface area (Å²) in [5.41, 5.74) is 0.207. The van der Waals surface area contributed by atoms with E-state index in [0.29, 0.717) is 5.91 Å². The molecule has 1 N–H and O–H groups in total. The Balaban J connectivity index is 2.03. The fraction of sp³-hybridized carbons (Fsp3) is 0.933. The maximum atomic E-state index is 12.6. The van der Waals surface area contributed by atoms with Crippen molar-refractivity contribution in [3.63, 3.8) is 0 Å². The van der Waals surface area contributed by atoms with E-state index in [1.165, 1.54) is 12.8 Å². The summed E-state index contributed by atoms with van der Waals surface area (Å²) < 4.78 is 0. The Labute approximate surface area is 111 Å². The van der Waals surface area contributed by atoms with Crippen molar-refractivity contribution in [1.82, 2.24) is 4.90 Å². The number of nitrogens with zero attached hydrogens (tertiary/aromatic N) is 1. The Bertz CT molecular complexity index is 312. The summed E-state index contributed by atoms with van der Waals surface area (Å²) in [6.45, 7) is 7.07. The van der Waals surface area contributed by atoms with Gasteiger partial charge in [-0.1, -0.05) is 26.7 Å². The van der Waals surface area contributed by atoms with Gasteiger partial charge in [0, 0.05) is 18.5 Å². The Morgan fingerprint density at radius 2 is 2.06 bits per heavy atom. The van der Waals surface area contributed by atoms with E-state index in [0.717, 1.165) is 32.2 Å². The normalized spacial score (nSPS) is 32.8. The van der Waals surface area contributed by atoms with Crippen molar-refractivity contribution in [3.05, 3.63) is 0 Å². The molecule has 1 heterocycles. The predicted octanol–water partition coefficient (Wildman–Crippen LogP) is 2.57. The highest BCUT2D eigenvalue weighted by Crippen LogP contribution is 2.52. The average Bonchev–Trinajstić information content (AvgIpc) is 2.95. The lowest BCUT2D eigenvalue weighted by Gasteiger charge is -2.31. The van der Waals surface area contributed by atoms with E-state index in [1.54, 1.807) is 0 Å². The van der Waals surface area contributed by atoms with Crippen LogP contribution in [-0.2, 0) is 4.79 Å². The average molecular weight is 253 g/mol. The number of hydrogen-bond acceptors (Lipinski definition) is 2. The topological polar surface area (TPSA) is 40.5 Å². The fourth-order valence-electron chi connectivity index (χ4n) is 3.20. The molecule has 3 heteroatoms. The molecule has 1 aliphatic carbocycles. The molecule has 2 rings (SSSR count). The van der Waals surface area contributed by atoms with Crippen LogP contribution >= 0.6 is 0 Å². The second kappa shape index (κ2) is 5.20. The van der Waals surface area contributed by atoms with Crippen molar-refractivity contribution in [2.75, 3.05) is 6.54 Å². The van der Waals surface area contributed by atoms with Crippen molar-refractivity contribution < 1.29 is 9.90 Å². The molecule has 3 atom stereocenters. The maximum Gasteiger partial charge on any atom is 0.226 e. The first kappa shape index (κ1) is 13.9. The molecule has 18 heavy (non-hydrogen) atoms. The highest BCUT2D eigenvalue weighted by molar-refractivity contribution is 5.82. The minimum atomic E-state index is -0.310. The van der Waals surface area contributed by atoms with Crippen molar-refractivity contribution in [2.45, 2.75) is 71.4 Å². The van der Waals surface area contributed by atoms with Crippen LogP contribution in [0.3, 0.4) is 0 Å². The zero-order valence-corrected chi connectivity index (χ0v) is 12.0. The minimum absolute atomic E-state index is 0.207. The molecule has 0 spiro atoms. The smallest absolute Gasteiger partial charge is 0.226 e. The zero-order chi connectivity index (χ0) is 13.3. The maximum absolute atomic E-state index is 12.6. The molecule has 2 fully saturated rings. The van der Waals surface area contributed by atoms with Gasteiger partial charge < -0.3 is 10.0 Å². The SMILES string of the molecule is CC(O)CC1CCCCCN1C(=O)C1CC1(C)C. The molecule has 0 radical (unpaired) electrons. The molecule has 0 aromatic heterocycles. The van der Waals surface area contributed by atoms with Gasteiger partial charge in [0.05, 0.1) is 6.10 Å². The van der Waals surface area contributed by atoms with E-state index < -0.39 is 0 Å². The van der Waals surface area contributed by atoms with Crippen molar-refractivity contribution >= 4 is 5.91 Å². The summed E-state index contributed by atoms with van der Waals surface area (Å²) in [6.07, 6.45) is 6.04. The van der Waals surface area contributed by atoms with Crippen LogP contribution in [0.15, 0.2) is 0 Å². The zero-order valence-electron chi connectivity index (χ0n) is 12.0. The summed E-state index contributed by atoms with van der Waals surface area (Å²) in [4.78, 5) is 14.6. The van der Waals surface area contributed by atoms with E-state index in [-0.39, 0.29) is 23.5 Å². The summed E-state index contributed by atoms with van der Waals surface area (Å²) in [5, 5.41) is 9.61. The van der Waals surface area contributed by atoms with Crippen LogP contribution in [0.2, 0.25) is 0 Å². The number of amides is 1. The molecule has 1 aliphatic heterocycles. The molecule has 104 valence electrons. The molecule has 0 aromatic carbocycles. The Morgan fingerprint density at radius 3 is 2.61 bits per heavy atom. The lowest BCUT2D eigenvalue weighted by Crippen LogP contribution is -2.42. The molecular formula is C15H27NO2. The summed E-state index contributed by atoms with van der Waals surface area (Å²) in [7, 11) is 0. The Kier molecular flexibility index (Phi) is 4.00. The molecule has 3 nitrogen and oxygen atoms in total. The molecule has 0 bridgehead atoms. The van der Waals surface area contributed by atoms with Crippen molar-refractivity contribution in [2.24, 2.45) is 11.3 Å². The molecule has 1 amide bonds. The first-order chi connectivity index (χ1) is 8.42. The number of aliphatic hydroxyl groups excluding tert-OH is 1. The molecule has 0 aromatic rings. The third-order valence-electron chi connectivity index (χ3n) is 4.58. The second-order valence-corrected chi connectivity index (χ2v) is 6.86. The van der Waals surface area contributed by atoms with Gasteiger partial charge in [-0.3, -0.25) is 4.79 Å². The predicted molar refractivity (Wildman–Crippen MR) is 72.2 cm³/mol. The van der Waals surface area contributed by atoms with Crippen LogP contribution in [0, 0.1) is 11.3 Å². The highest BCUT2D eigenvalue weighted by Gasteiger charge is 2.52. The van der Waals surface area contributed by atoms with E-state index in [2.05, 4.69) is 18.7 Å². The summed E-state index contributed by atoms with van der Waals surface area (Å²) in [6, 6.07) is 0.261. The van der Waals surface area contributed by atoms with Crippen LogP contribution in [-0.4, -0.2) is 34.6 Å². The number of hydrogen-bond donors (Lipinski definition) is 1. The number of carbonyl (C=O) groups is 1. The quantitative estimate of drug-likeness (QED) is 0.840. The van der Waals surface area contributed by atoms with Crippen LogP contribution in [0.5, 0.6) is 0 Å². The Hall–Kier alpha value is -0.570. The van der Waals surface area contributed by atoms with E-state index in [4.69, 9.17) is 0 Å². The summed E-state index contributed by atoms with van der Waals surface area (Å²) >= 11 is 0. The lowest BCUT2D eigenvalue weighted by atomic mass is 10.0. The number of aliphatic hydroxyl groups is 1. The molecule has 1 saturated heterocycles. The van der Waals surface area contributed by atoms with Crippen molar-refractivity contribution in [1.29, 1.82) is 0 Å². The van der Waals surface area contributed by atoms with Gasteiger partial charge in [0.15, 0.2) is 0 Å². The van der Waals surface area contributed by atoms with Gasteiger partial charge >= 0.3 is 0 Å². The van der Waals surface area contributed by atoms with Crippen LogP contribution in [0.25, 0.3) is 0 Å². The molecule has 2 aliphatic rings. The van der Waals surface area contributed by atoms with Gasteiger partial charge in [0.1, 0.15) is 0 Å². The van der Waals surface area contributed by atoms with Crippen LogP contribution < -0.4 is 0 Å². The van der Waals surface area contributed by atoms with Crippen LogP contribution in [0.4, 0.5) is 0 Å². The number of likely N-dealkylation sites (tertiary alicyclic amines) is 1. The number of rotatable bonds is 3. The van der Waals surface area contributed by atoms with Gasteiger partial charge in [0.2, 0.25) is 5.91 Å². The largest absolute Gasteiger partial charge is 0.393 e. The first-order valence-corrected chi connectivity index (χ1v) is 7.40. The lowest BCUT2D eigenvalue weighted by molar-refractivity contribution is -0.136. The van der Waals surface area contributed by atoms with E-state index in [1.807, 2.05) is 6.92 Å². The van der Waals surface area contributed by atoms with Gasteiger partial charge in [0.25, 0.3) is 0 Å². The van der Waals surface area contributed by atoms with Gasteiger partial charge in [-0.05, 0) is 38.0 Å². The fourth-order valence-corrected chi connectivity index (χ4v) is 3.20. The second-order valence-electron chi connectivity index (χ2n) is 6.86. The third-order valence-corrected chi connectivity index (χ3v) is 4.58. The molecular weight excluding hydrogens is 226 g/mol. The van der Waals surface area contributed by atoms with Crippen LogP contribution in [0.1, 0.15) is 59.3 Å². The first-order valence-electron chi connectivity index (χ1n) is 7.40.